The van der Waals surface area contributed by atoms with Crippen LogP contribution in [0.1, 0.15) is 33.4 Å². The lowest BCUT2D eigenvalue weighted by atomic mass is 10.00. The first-order valence-electron chi connectivity index (χ1n) is 11.0. The van der Waals surface area contributed by atoms with Crippen molar-refractivity contribution < 1.29 is 9.59 Å². The Hall–Kier alpha value is -3.40. The second-order valence-electron chi connectivity index (χ2n) is 8.43. The van der Waals surface area contributed by atoms with Crippen LogP contribution in [0.25, 0.3) is 0 Å². The zero-order valence-electron chi connectivity index (χ0n) is 19.4. The second kappa shape index (κ2) is 10.8. The van der Waals surface area contributed by atoms with Gasteiger partial charge in [-0.25, -0.2) is 0 Å². The van der Waals surface area contributed by atoms with E-state index < -0.39 is 6.04 Å². The Morgan fingerprint density at radius 1 is 0.812 bits per heavy atom. The highest BCUT2D eigenvalue weighted by Gasteiger charge is 2.29. The quantitative estimate of drug-likeness (QED) is 0.573. The SMILES string of the molecule is CNC(=O)[C@H](Cc1ccccc1)N(Cc1cccc(C)c1)C(=O)Cc1ccc(C)c(C)c1. The van der Waals surface area contributed by atoms with Crippen LogP contribution in [0.15, 0.2) is 72.8 Å². The lowest BCUT2D eigenvalue weighted by molar-refractivity contribution is -0.140. The van der Waals surface area contributed by atoms with Crippen molar-refractivity contribution in [3.63, 3.8) is 0 Å². The molecule has 0 aliphatic carbocycles. The number of nitrogens with zero attached hydrogens (tertiary/aromatic N) is 1. The van der Waals surface area contributed by atoms with E-state index in [1.54, 1.807) is 11.9 Å². The van der Waals surface area contributed by atoms with Crippen LogP contribution < -0.4 is 5.32 Å². The Balaban J connectivity index is 1.95. The third-order valence-electron chi connectivity index (χ3n) is 5.88. The summed E-state index contributed by atoms with van der Waals surface area (Å²) in [6.07, 6.45) is 0.722. The fraction of sp³-hybridized carbons (Fsp3) is 0.286. The second-order valence-corrected chi connectivity index (χ2v) is 8.43. The number of carbonyl (C=O) groups is 2. The van der Waals surface area contributed by atoms with Crippen LogP contribution in [0, 0.1) is 20.8 Å². The van der Waals surface area contributed by atoms with Crippen LogP contribution in [0.5, 0.6) is 0 Å². The van der Waals surface area contributed by atoms with Gasteiger partial charge < -0.3 is 10.2 Å². The van der Waals surface area contributed by atoms with E-state index in [9.17, 15) is 9.59 Å². The smallest absolute Gasteiger partial charge is 0.242 e. The van der Waals surface area contributed by atoms with E-state index in [-0.39, 0.29) is 18.2 Å². The van der Waals surface area contributed by atoms with E-state index in [1.165, 1.54) is 5.56 Å². The van der Waals surface area contributed by atoms with Crippen LogP contribution in [-0.4, -0.2) is 29.8 Å². The van der Waals surface area contributed by atoms with E-state index in [1.807, 2.05) is 67.6 Å². The highest BCUT2D eigenvalue weighted by molar-refractivity contribution is 5.88. The van der Waals surface area contributed by atoms with Crippen LogP contribution in [0.4, 0.5) is 0 Å². The summed E-state index contributed by atoms with van der Waals surface area (Å²) in [5, 5.41) is 2.77. The van der Waals surface area contributed by atoms with Crippen molar-refractivity contribution in [1.82, 2.24) is 10.2 Å². The molecule has 0 saturated carbocycles. The number of hydrogen-bond donors (Lipinski definition) is 1. The minimum Gasteiger partial charge on any atom is -0.357 e. The molecule has 0 fully saturated rings. The van der Waals surface area contributed by atoms with E-state index >= 15 is 0 Å². The standard InChI is InChI=1S/C28H32N2O2/c1-20-9-8-12-25(15-20)19-30(27(31)18-24-14-13-21(2)22(3)16-24)26(28(32)29-4)17-23-10-6-5-7-11-23/h5-16,26H,17-19H2,1-4H3,(H,29,32)/t26-/m0/s1. The molecule has 166 valence electrons. The molecule has 2 amide bonds. The molecule has 4 nitrogen and oxygen atoms in total. The Morgan fingerprint density at radius 2 is 1.53 bits per heavy atom. The molecular formula is C28H32N2O2. The molecule has 0 unspecified atom stereocenters. The van der Waals surface area contributed by atoms with Crippen molar-refractivity contribution in [2.24, 2.45) is 0 Å². The van der Waals surface area contributed by atoms with Crippen LogP contribution in [0.2, 0.25) is 0 Å². The third-order valence-corrected chi connectivity index (χ3v) is 5.88. The highest BCUT2D eigenvalue weighted by Crippen LogP contribution is 2.18. The molecule has 0 aliphatic rings. The van der Waals surface area contributed by atoms with Crippen LogP contribution in [-0.2, 0) is 29.0 Å². The maximum atomic E-state index is 13.6. The summed E-state index contributed by atoms with van der Waals surface area (Å²) in [5.41, 5.74) is 6.49. The molecule has 32 heavy (non-hydrogen) atoms. The molecule has 3 rings (SSSR count). The van der Waals surface area contributed by atoms with Crippen molar-refractivity contribution in [3.8, 4) is 0 Å². The Morgan fingerprint density at radius 3 is 2.19 bits per heavy atom. The number of hydrogen-bond acceptors (Lipinski definition) is 2. The molecule has 0 aromatic heterocycles. The number of rotatable bonds is 8. The van der Waals surface area contributed by atoms with E-state index in [0.29, 0.717) is 13.0 Å². The topological polar surface area (TPSA) is 49.4 Å². The molecule has 1 N–H and O–H groups in total. The van der Waals surface area contributed by atoms with Gasteiger partial charge in [0.15, 0.2) is 0 Å². The van der Waals surface area contributed by atoms with Crippen molar-refractivity contribution >= 4 is 11.8 Å². The van der Waals surface area contributed by atoms with Crippen molar-refractivity contribution in [2.45, 2.75) is 46.2 Å². The molecule has 0 heterocycles. The average molecular weight is 429 g/mol. The van der Waals surface area contributed by atoms with Crippen LogP contribution in [0.3, 0.4) is 0 Å². The summed E-state index contributed by atoms with van der Waals surface area (Å²) in [5.74, 6) is -0.214. The van der Waals surface area contributed by atoms with Gasteiger partial charge in [0, 0.05) is 20.0 Å². The third kappa shape index (κ3) is 6.07. The molecule has 0 radical (unpaired) electrons. The number of nitrogens with one attached hydrogen (secondary N) is 1. The molecule has 0 spiro atoms. The van der Waals surface area contributed by atoms with E-state index in [0.717, 1.165) is 27.8 Å². The van der Waals surface area contributed by atoms with Crippen molar-refractivity contribution in [3.05, 3.63) is 106 Å². The van der Waals surface area contributed by atoms with Gasteiger partial charge in [-0.05, 0) is 48.6 Å². The van der Waals surface area contributed by atoms with Gasteiger partial charge in [0.05, 0.1) is 6.42 Å². The Bertz CT molecular complexity index is 1080. The molecule has 1 atom stereocenters. The molecule has 0 saturated heterocycles. The largest absolute Gasteiger partial charge is 0.357 e. The van der Waals surface area contributed by atoms with Gasteiger partial charge in [-0.2, -0.15) is 0 Å². The van der Waals surface area contributed by atoms with E-state index in [2.05, 4.69) is 31.3 Å². The maximum Gasteiger partial charge on any atom is 0.242 e. The Kier molecular flexibility index (Phi) is 7.82. The predicted octanol–water partition coefficient (Wildman–Crippen LogP) is 4.54. The van der Waals surface area contributed by atoms with Gasteiger partial charge in [-0.15, -0.1) is 0 Å². The summed E-state index contributed by atoms with van der Waals surface area (Å²) in [6.45, 7) is 6.53. The van der Waals surface area contributed by atoms with Gasteiger partial charge in [0.1, 0.15) is 6.04 Å². The first kappa shape index (κ1) is 23.3. The first-order chi connectivity index (χ1) is 15.4. The van der Waals surface area contributed by atoms with E-state index in [4.69, 9.17) is 0 Å². The lowest BCUT2D eigenvalue weighted by Gasteiger charge is -2.31. The van der Waals surface area contributed by atoms with Gasteiger partial charge in [0.25, 0.3) is 0 Å². The lowest BCUT2D eigenvalue weighted by Crippen LogP contribution is -2.50. The van der Waals surface area contributed by atoms with Gasteiger partial charge in [-0.1, -0.05) is 78.4 Å². The molecule has 3 aromatic rings. The number of carbonyl (C=O) groups excluding carboxylic acids is 2. The maximum absolute atomic E-state index is 13.6. The number of aryl methyl sites for hydroxylation is 3. The van der Waals surface area contributed by atoms with Crippen molar-refractivity contribution in [2.75, 3.05) is 7.05 Å². The van der Waals surface area contributed by atoms with Gasteiger partial charge in [0.2, 0.25) is 11.8 Å². The normalized spacial score (nSPS) is 11.6. The predicted molar refractivity (Wildman–Crippen MR) is 129 cm³/mol. The summed E-state index contributed by atoms with van der Waals surface area (Å²) in [4.78, 5) is 28.3. The number of amides is 2. The fourth-order valence-corrected chi connectivity index (χ4v) is 3.92. The van der Waals surface area contributed by atoms with Crippen molar-refractivity contribution in [1.29, 1.82) is 0 Å². The van der Waals surface area contributed by atoms with Crippen LogP contribution >= 0.6 is 0 Å². The molecule has 0 aliphatic heterocycles. The zero-order chi connectivity index (χ0) is 23.1. The summed E-state index contributed by atoms with van der Waals surface area (Å²) in [6, 6.07) is 23.5. The average Bonchev–Trinajstić information content (AvgIpc) is 2.79. The highest BCUT2D eigenvalue weighted by atomic mass is 16.2. The zero-order valence-corrected chi connectivity index (χ0v) is 19.4. The molecule has 3 aromatic carbocycles. The summed E-state index contributed by atoms with van der Waals surface area (Å²) >= 11 is 0. The fourth-order valence-electron chi connectivity index (χ4n) is 3.92. The Labute approximate surface area is 191 Å². The number of likely N-dealkylation sites (N-methyl/N-ethyl adjacent to an activating group) is 1. The number of benzene rings is 3. The first-order valence-corrected chi connectivity index (χ1v) is 11.0. The van der Waals surface area contributed by atoms with Gasteiger partial charge in [-0.3, -0.25) is 9.59 Å². The molecule has 0 bridgehead atoms. The summed E-state index contributed by atoms with van der Waals surface area (Å²) < 4.78 is 0. The summed E-state index contributed by atoms with van der Waals surface area (Å²) in [7, 11) is 1.62. The monoisotopic (exact) mass is 428 g/mol. The van der Waals surface area contributed by atoms with Gasteiger partial charge >= 0.3 is 0 Å². The minimum atomic E-state index is -0.595. The molecule has 4 heteroatoms. The minimum absolute atomic E-state index is 0.0562. The molecular weight excluding hydrogens is 396 g/mol.